The van der Waals surface area contributed by atoms with Crippen LogP contribution in [0.15, 0.2) is 34.2 Å². The number of imidazole rings is 1. The lowest BCUT2D eigenvalue weighted by molar-refractivity contribution is 0.572. The van der Waals surface area contributed by atoms with E-state index in [0.29, 0.717) is 16.9 Å². The van der Waals surface area contributed by atoms with Gasteiger partial charge in [-0.3, -0.25) is 9.13 Å². The van der Waals surface area contributed by atoms with E-state index < -0.39 is 10.0 Å². The Hall–Kier alpha value is -2.46. The van der Waals surface area contributed by atoms with Crippen molar-refractivity contribution in [3.8, 4) is 0 Å². The maximum atomic E-state index is 12.6. The van der Waals surface area contributed by atoms with Crippen LogP contribution in [0.3, 0.4) is 0 Å². The Kier molecular flexibility index (Phi) is 4.48. The molecular formula is C15H20N6O3S. The standard InChI is InChI=1S/C15H20N6O3S/c1-4-7-21-10-16-18-14(21)9-17-25(23,24)11-5-6-12-13(8-11)20(3)15(22)19(12)2/h5-6,8,10,17H,4,7,9H2,1-3H3. The highest BCUT2D eigenvalue weighted by atomic mass is 32.2. The highest BCUT2D eigenvalue weighted by Crippen LogP contribution is 2.17. The number of nitrogens with zero attached hydrogens (tertiary/aromatic N) is 5. The molecule has 0 bridgehead atoms. The third-order valence-corrected chi connectivity index (χ3v) is 5.53. The van der Waals surface area contributed by atoms with Gasteiger partial charge < -0.3 is 4.57 Å². The lowest BCUT2D eigenvalue weighted by Crippen LogP contribution is -2.25. The minimum absolute atomic E-state index is 0.0497. The molecule has 2 heterocycles. The molecular weight excluding hydrogens is 344 g/mol. The van der Waals surface area contributed by atoms with Crippen LogP contribution in [0.1, 0.15) is 19.2 Å². The minimum Gasteiger partial charge on any atom is -0.316 e. The molecule has 134 valence electrons. The molecule has 0 saturated heterocycles. The Bertz CT molecular complexity index is 1080. The van der Waals surface area contributed by atoms with Gasteiger partial charge in [-0.2, -0.15) is 0 Å². The molecule has 0 fully saturated rings. The second kappa shape index (κ2) is 6.45. The van der Waals surface area contributed by atoms with Gasteiger partial charge in [0.2, 0.25) is 10.0 Å². The lowest BCUT2D eigenvalue weighted by Gasteiger charge is -2.08. The summed E-state index contributed by atoms with van der Waals surface area (Å²) < 4.78 is 32.4. The van der Waals surface area contributed by atoms with Gasteiger partial charge in [0.25, 0.3) is 0 Å². The van der Waals surface area contributed by atoms with Gasteiger partial charge in [-0.05, 0) is 24.6 Å². The first kappa shape index (κ1) is 17.4. The molecule has 9 nitrogen and oxygen atoms in total. The number of hydrogen-bond acceptors (Lipinski definition) is 5. The summed E-state index contributed by atoms with van der Waals surface area (Å²) in [5.41, 5.74) is 1.03. The van der Waals surface area contributed by atoms with E-state index in [1.165, 1.54) is 21.3 Å². The van der Waals surface area contributed by atoms with Crippen molar-refractivity contribution in [3.05, 3.63) is 40.8 Å². The van der Waals surface area contributed by atoms with Crippen molar-refractivity contribution in [3.63, 3.8) is 0 Å². The van der Waals surface area contributed by atoms with Gasteiger partial charge in [0.05, 0.1) is 22.5 Å². The fourth-order valence-corrected chi connectivity index (χ4v) is 3.74. The maximum absolute atomic E-state index is 12.6. The van der Waals surface area contributed by atoms with E-state index in [1.54, 1.807) is 26.5 Å². The molecule has 0 aliphatic carbocycles. The average Bonchev–Trinajstić information content (AvgIpc) is 3.12. The Morgan fingerprint density at radius 1 is 1.16 bits per heavy atom. The van der Waals surface area contributed by atoms with Gasteiger partial charge in [-0.1, -0.05) is 6.92 Å². The molecule has 0 aliphatic rings. The van der Waals surface area contributed by atoms with Gasteiger partial charge >= 0.3 is 5.69 Å². The van der Waals surface area contributed by atoms with E-state index in [4.69, 9.17) is 0 Å². The molecule has 0 unspecified atom stereocenters. The van der Waals surface area contributed by atoms with Gasteiger partial charge in [-0.15, -0.1) is 10.2 Å². The molecule has 10 heteroatoms. The van der Waals surface area contributed by atoms with Crippen molar-refractivity contribution in [2.24, 2.45) is 14.1 Å². The second-order valence-electron chi connectivity index (χ2n) is 5.82. The summed E-state index contributed by atoms with van der Waals surface area (Å²) in [7, 11) is -0.472. The Balaban J connectivity index is 1.89. The van der Waals surface area contributed by atoms with E-state index in [0.717, 1.165) is 13.0 Å². The molecule has 1 aromatic carbocycles. The van der Waals surface area contributed by atoms with Gasteiger partial charge in [-0.25, -0.2) is 17.9 Å². The first-order valence-corrected chi connectivity index (χ1v) is 9.35. The van der Waals surface area contributed by atoms with Crippen LogP contribution in [0.25, 0.3) is 11.0 Å². The maximum Gasteiger partial charge on any atom is 0.328 e. The zero-order chi connectivity index (χ0) is 18.2. The summed E-state index contributed by atoms with van der Waals surface area (Å²) in [6.45, 7) is 2.80. The molecule has 0 saturated carbocycles. The number of benzene rings is 1. The normalized spacial score (nSPS) is 12.1. The topological polar surface area (TPSA) is 104 Å². The number of sulfonamides is 1. The molecule has 2 aromatic heterocycles. The SMILES string of the molecule is CCCn1cnnc1CNS(=O)(=O)c1ccc2c(c1)n(C)c(=O)n2C. The third-order valence-electron chi connectivity index (χ3n) is 4.13. The van der Waals surface area contributed by atoms with E-state index in [9.17, 15) is 13.2 Å². The number of hydrogen-bond donors (Lipinski definition) is 1. The zero-order valence-electron chi connectivity index (χ0n) is 14.3. The van der Waals surface area contributed by atoms with Crippen LogP contribution in [-0.4, -0.2) is 32.3 Å². The molecule has 0 spiro atoms. The summed E-state index contributed by atoms with van der Waals surface area (Å²) in [5, 5.41) is 7.76. The lowest BCUT2D eigenvalue weighted by atomic mass is 10.3. The number of aryl methyl sites for hydroxylation is 3. The first-order valence-electron chi connectivity index (χ1n) is 7.87. The van der Waals surface area contributed by atoms with Crippen molar-refractivity contribution in [2.45, 2.75) is 31.3 Å². The van der Waals surface area contributed by atoms with E-state index in [1.807, 2.05) is 11.5 Å². The predicted molar refractivity (Wildman–Crippen MR) is 92.5 cm³/mol. The van der Waals surface area contributed by atoms with Crippen LogP contribution in [0.2, 0.25) is 0 Å². The van der Waals surface area contributed by atoms with E-state index >= 15 is 0 Å². The van der Waals surface area contributed by atoms with Crippen LogP contribution >= 0.6 is 0 Å². The Labute approximate surface area is 145 Å². The quantitative estimate of drug-likeness (QED) is 0.680. The Morgan fingerprint density at radius 3 is 2.60 bits per heavy atom. The smallest absolute Gasteiger partial charge is 0.316 e. The molecule has 0 aliphatic heterocycles. The van der Waals surface area contributed by atoms with Gasteiger partial charge in [0.15, 0.2) is 0 Å². The van der Waals surface area contributed by atoms with Crippen LogP contribution < -0.4 is 10.4 Å². The summed E-state index contributed by atoms with van der Waals surface area (Å²) in [6, 6.07) is 4.61. The van der Waals surface area contributed by atoms with Crippen LogP contribution in [-0.2, 0) is 37.2 Å². The monoisotopic (exact) mass is 364 g/mol. The average molecular weight is 364 g/mol. The summed E-state index contributed by atoms with van der Waals surface area (Å²) >= 11 is 0. The number of fused-ring (bicyclic) bond motifs is 1. The first-order chi connectivity index (χ1) is 11.8. The molecule has 0 radical (unpaired) electrons. The van der Waals surface area contributed by atoms with Crippen molar-refractivity contribution in [1.82, 2.24) is 28.6 Å². The number of nitrogens with one attached hydrogen (secondary N) is 1. The zero-order valence-corrected chi connectivity index (χ0v) is 15.1. The third kappa shape index (κ3) is 3.10. The minimum atomic E-state index is -3.74. The molecule has 1 N–H and O–H groups in total. The predicted octanol–water partition coefficient (Wildman–Crippen LogP) is 0.357. The Morgan fingerprint density at radius 2 is 1.88 bits per heavy atom. The van der Waals surface area contributed by atoms with Crippen molar-refractivity contribution >= 4 is 21.1 Å². The highest BCUT2D eigenvalue weighted by molar-refractivity contribution is 7.89. The van der Waals surface area contributed by atoms with Gasteiger partial charge in [0.1, 0.15) is 12.2 Å². The van der Waals surface area contributed by atoms with Crippen molar-refractivity contribution in [1.29, 1.82) is 0 Å². The molecule has 0 atom stereocenters. The molecule has 25 heavy (non-hydrogen) atoms. The summed E-state index contributed by atoms with van der Waals surface area (Å²) in [4.78, 5) is 12.1. The van der Waals surface area contributed by atoms with E-state index in [2.05, 4.69) is 14.9 Å². The fourth-order valence-electron chi connectivity index (χ4n) is 2.74. The van der Waals surface area contributed by atoms with Crippen LogP contribution in [0.4, 0.5) is 0 Å². The number of aromatic nitrogens is 5. The van der Waals surface area contributed by atoms with Crippen LogP contribution in [0, 0.1) is 0 Å². The largest absolute Gasteiger partial charge is 0.328 e. The van der Waals surface area contributed by atoms with Gasteiger partial charge in [0, 0.05) is 20.6 Å². The fraction of sp³-hybridized carbons (Fsp3) is 0.400. The molecule has 3 aromatic rings. The van der Waals surface area contributed by atoms with Crippen molar-refractivity contribution in [2.75, 3.05) is 0 Å². The highest BCUT2D eigenvalue weighted by Gasteiger charge is 2.18. The van der Waals surface area contributed by atoms with E-state index in [-0.39, 0.29) is 17.1 Å². The molecule has 3 rings (SSSR count). The number of rotatable bonds is 6. The van der Waals surface area contributed by atoms with Crippen LogP contribution in [0.5, 0.6) is 0 Å². The molecule has 0 amide bonds. The summed E-state index contributed by atoms with van der Waals surface area (Å²) in [5.74, 6) is 0.554. The second-order valence-corrected chi connectivity index (χ2v) is 7.58. The summed E-state index contributed by atoms with van der Waals surface area (Å²) in [6.07, 6.45) is 2.48. The van der Waals surface area contributed by atoms with Crippen molar-refractivity contribution < 1.29 is 8.42 Å².